The molecule has 0 saturated carbocycles. The fourth-order valence-corrected chi connectivity index (χ4v) is 3.76. The van der Waals surface area contributed by atoms with Crippen molar-refractivity contribution in [3.63, 3.8) is 0 Å². The van der Waals surface area contributed by atoms with Gasteiger partial charge in [-0.1, -0.05) is 26.0 Å². The summed E-state index contributed by atoms with van der Waals surface area (Å²) in [6.07, 6.45) is -0.292. The summed E-state index contributed by atoms with van der Waals surface area (Å²) in [4.78, 5) is 14.2. The van der Waals surface area contributed by atoms with E-state index in [1.54, 1.807) is 23.9 Å². The van der Waals surface area contributed by atoms with E-state index in [0.29, 0.717) is 10.9 Å². The highest BCUT2D eigenvalue weighted by atomic mass is 32.3. The van der Waals surface area contributed by atoms with E-state index in [9.17, 15) is 17.1 Å². The molecule has 1 aromatic carbocycles. The van der Waals surface area contributed by atoms with Gasteiger partial charge in [-0.2, -0.15) is 8.42 Å². The Kier molecular flexibility index (Phi) is 4.39. The van der Waals surface area contributed by atoms with Gasteiger partial charge in [0.05, 0.1) is 5.69 Å². The Hall–Kier alpha value is -1.08. The van der Waals surface area contributed by atoms with Gasteiger partial charge in [-0.3, -0.25) is 4.79 Å². The lowest BCUT2D eigenvalue weighted by atomic mass is 10.3. The molecular formula is C13H16FNO3S2. The third-order valence-electron chi connectivity index (χ3n) is 3.01. The molecule has 110 valence electrons. The van der Waals surface area contributed by atoms with E-state index < -0.39 is 15.5 Å². The molecule has 1 atom stereocenters. The monoisotopic (exact) mass is 317 g/mol. The predicted molar refractivity (Wildman–Crippen MR) is 78.2 cm³/mol. The Morgan fingerprint density at radius 3 is 2.55 bits per heavy atom. The molecule has 1 fully saturated rings. The Morgan fingerprint density at radius 1 is 1.35 bits per heavy atom. The van der Waals surface area contributed by atoms with E-state index in [4.69, 9.17) is 0 Å². The van der Waals surface area contributed by atoms with Gasteiger partial charge in [0.1, 0.15) is 5.25 Å². The number of carbonyl (C=O) groups excluding carboxylic acids is 1. The van der Waals surface area contributed by atoms with Crippen LogP contribution >= 0.6 is 11.8 Å². The third-order valence-corrected chi connectivity index (χ3v) is 5.19. The average molecular weight is 317 g/mol. The standard InChI is InChI=1S/C13H16FNO3S2/c1-9(2)19-12-6-4-3-5-11(12)15-8-10(7-13(15)16)20(14,17)18/h3-6,9-10H,7-8H2,1-2H3. The summed E-state index contributed by atoms with van der Waals surface area (Å²) in [6, 6.07) is 7.28. The summed E-state index contributed by atoms with van der Waals surface area (Å²) in [7, 11) is -4.68. The number of rotatable bonds is 4. The van der Waals surface area contributed by atoms with Gasteiger partial charge in [0, 0.05) is 23.1 Å². The van der Waals surface area contributed by atoms with Gasteiger partial charge in [0.2, 0.25) is 5.91 Å². The summed E-state index contributed by atoms with van der Waals surface area (Å²) in [5.74, 6) is -0.354. The van der Waals surface area contributed by atoms with E-state index >= 15 is 0 Å². The second-order valence-electron chi connectivity index (χ2n) is 4.94. The van der Waals surface area contributed by atoms with E-state index in [-0.39, 0.29) is 18.9 Å². The maximum absolute atomic E-state index is 13.1. The number of halogens is 1. The molecule has 0 aliphatic carbocycles. The summed E-state index contributed by atoms with van der Waals surface area (Å²) in [6.45, 7) is 3.94. The van der Waals surface area contributed by atoms with Gasteiger partial charge in [0.25, 0.3) is 0 Å². The molecule has 0 bridgehead atoms. The topological polar surface area (TPSA) is 54.5 Å². The molecule has 0 aromatic heterocycles. The highest BCUT2D eigenvalue weighted by Gasteiger charge is 2.39. The van der Waals surface area contributed by atoms with Crippen molar-refractivity contribution in [2.45, 2.75) is 35.7 Å². The van der Waals surface area contributed by atoms with Gasteiger partial charge in [-0.25, -0.2) is 0 Å². The fourth-order valence-electron chi connectivity index (χ4n) is 2.13. The van der Waals surface area contributed by atoms with Crippen LogP contribution in [0.3, 0.4) is 0 Å². The predicted octanol–water partition coefficient (Wildman–Crippen LogP) is 2.59. The number of para-hydroxylation sites is 1. The molecule has 1 saturated heterocycles. The summed E-state index contributed by atoms with van der Waals surface area (Å²) in [5, 5.41) is -0.929. The largest absolute Gasteiger partial charge is 0.310 e. The van der Waals surface area contributed by atoms with Crippen LogP contribution in [0.25, 0.3) is 0 Å². The zero-order chi connectivity index (χ0) is 14.9. The number of thioether (sulfide) groups is 1. The molecule has 1 aliphatic rings. The van der Waals surface area contributed by atoms with Crippen LogP contribution in [0.1, 0.15) is 20.3 Å². The van der Waals surface area contributed by atoms with Crippen LogP contribution in [-0.2, 0) is 15.0 Å². The smallest absolute Gasteiger partial charge is 0.307 e. The minimum Gasteiger partial charge on any atom is -0.310 e. The summed E-state index contributed by atoms with van der Waals surface area (Å²) >= 11 is 1.59. The molecule has 4 nitrogen and oxygen atoms in total. The fraction of sp³-hybridized carbons (Fsp3) is 0.462. The van der Waals surface area contributed by atoms with Crippen LogP contribution in [-0.4, -0.2) is 31.4 Å². The Morgan fingerprint density at radius 2 is 2.00 bits per heavy atom. The Bertz CT molecular complexity index is 616. The van der Waals surface area contributed by atoms with Crippen molar-refractivity contribution in [3.05, 3.63) is 24.3 Å². The van der Waals surface area contributed by atoms with Crippen molar-refractivity contribution in [1.29, 1.82) is 0 Å². The number of hydrogen-bond acceptors (Lipinski definition) is 4. The first-order valence-electron chi connectivity index (χ1n) is 6.28. The molecular weight excluding hydrogens is 301 g/mol. The molecule has 0 spiro atoms. The van der Waals surface area contributed by atoms with Crippen LogP contribution in [0, 0.1) is 0 Å². The molecule has 7 heteroatoms. The summed E-state index contributed by atoms with van der Waals surface area (Å²) in [5.41, 5.74) is 0.655. The molecule has 1 aromatic rings. The van der Waals surface area contributed by atoms with E-state index in [0.717, 1.165) is 4.90 Å². The molecule has 1 aliphatic heterocycles. The number of benzene rings is 1. The summed E-state index contributed by atoms with van der Waals surface area (Å²) < 4.78 is 35.0. The van der Waals surface area contributed by atoms with Crippen LogP contribution in [0.2, 0.25) is 0 Å². The maximum atomic E-state index is 13.1. The van der Waals surface area contributed by atoms with E-state index in [1.807, 2.05) is 26.0 Å². The van der Waals surface area contributed by atoms with Crippen LogP contribution in [0.4, 0.5) is 9.57 Å². The van der Waals surface area contributed by atoms with Gasteiger partial charge >= 0.3 is 10.2 Å². The van der Waals surface area contributed by atoms with Crippen molar-refractivity contribution in [2.24, 2.45) is 0 Å². The molecule has 0 radical (unpaired) electrons. The van der Waals surface area contributed by atoms with E-state index in [2.05, 4.69) is 0 Å². The number of carbonyl (C=O) groups is 1. The zero-order valence-electron chi connectivity index (χ0n) is 11.2. The number of nitrogens with zero attached hydrogens (tertiary/aromatic N) is 1. The first-order chi connectivity index (χ1) is 9.29. The highest BCUT2D eigenvalue weighted by Crippen LogP contribution is 2.35. The van der Waals surface area contributed by atoms with Crippen molar-refractivity contribution in [2.75, 3.05) is 11.4 Å². The van der Waals surface area contributed by atoms with E-state index in [1.165, 1.54) is 4.90 Å². The number of anilines is 1. The molecule has 2 rings (SSSR count). The second-order valence-corrected chi connectivity index (χ2v) is 8.18. The molecule has 20 heavy (non-hydrogen) atoms. The van der Waals surface area contributed by atoms with Crippen LogP contribution in [0.5, 0.6) is 0 Å². The molecule has 1 amide bonds. The van der Waals surface area contributed by atoms with Crippen molar-refractivity contribution < 1.29 is 17.1 Å². The van der Waals surface area contributed by atoms with Gasteiger partial charge in [-0.05, 0) is 12.1 Å². The van der Waals surface area contributed by atoms with Crippen molar-refractivity contribution in [3.8, 4) is 0 Å². The SMILES string of the molecule is CC(C)Sc1ccccc1N1CC(S(=O)(=O)F)CC1=O. The van der Waals surface area contributed by atoms with Crippen molar-refractivity contribution >= 4 is 33.6 Å². The van der Waals surface area contributed by atoms with Gasteiger partial charge in [0.15, 0.2) is 0 Å². The number of amides is 1. The first-order valence-corrected chi connectivity index (χ1v) is 8.61. The third kappa shape index (κ3) is 3.32. The van der Waals surface area contributed by atoms with Crippen LogP contribution < -0.4 is 4.90 Å². The highest BCUT2D eigenvalue weighted by molar-refractivity contribution is 8.00. The van der Waals surface area contributed by atoms with Crippen LogP contribution in [0.15, 0.2) is 29.2 Å². The molecule has 1 heterocycles. The molecule has 0 N–H and O–H groups in total. The average Bonchev–Trinajstić information content (AvgIpc) is 2.71. The zero-order valence-corrected chi connectivity index (χ0v) is 12.9. The normalized spacial score (nSPS) is 19.9. The Labute approximate surface area is 122 Å². The van der Waals surface area contributed by atoms with Gasteiger partial charge < -0.3 is 4.90 Å². The van der Waals surface area contributed by atoms with Gasteiger partial charge in [-0.15, -0.1) is 15.6 Å². The first kappa shape index (κ1) is 15.3. The minimum atomic E-state index is -4.68. The quantitative estimate of drug-likeness (QED) is 0.633. The lowest BCUT2D eigenvalue weighted by molar-refractivity contribution is -0.117. The number of hydrogen-bond donors (Lipinski definition) is 0. The lowest BCUT2D eigenvalue weighted by Gasteiger charge is -2.20. The minimum absolute atomic E-state index is 0.118. The Balaban J connectivity index is 2.31. The molecule has 1 unspecified atom stereocenters. The van der Waals surface area contributed by atoms with Crippen molar-refractivity contribution in [1.82, 2.24) is 0 Å². The lowest BCUT2D eigenvalue weighted by Crippen LogP contribution is -2.27. The maximum Gasteiger partial charge on any atom is 0.307 e. The second kappa shape index (κ2) is 5.73.